The summed E-state index contributed by atoms with van der Waals surface area (Å²) in [6.45, 7) is 1.19. The summed E-state index contributed by atoms with van der Waals surface area (Å²) in [6, 6.07) is 5.06. The van der Waals surface area contributed by atoms with Crippen LogP contribution in [0.4, 0.5) is 5.69 Å². The molecule has 0 unspecified atom stereocenters. The van der Waals surface area contributed by atoms with Crippen LogP contribution in [0.2, 0.25) is 5.15 Å². The van der Waals surface area contributed by atoms with Crippen molar-refractivity contribution in [1.82, 2.24) is 25.2 Å². The van der Waals surface area contributed by atoms with Gasteiger partial charge in [-0.05, 0) is 35.7 Å². The molecule has 3 aromatic rings. The van der Waals surface area contributed by atoms with Crippen LogP contribution in [0.1, 0.15) is 6.92 Å². The number of pyridine rings is 1. The van der Waals surface area contributed by atoms with Crippen LogP contribution in [0.3, 0.4) is 0 Å². The minimum Gasteiger partial charge on any atom is -0.451 e. The zero-order valence-corrected chi connectivity index (χ0v) is 15.1. The number of aromatic nitrogens is 5. The lowest BCUT2D eigenvalue weighted by Crippen LogP contribution is -2.31. The van der Waals surface area contributed by atoms with Gasteiger partial charge in [0.2, 0.25) is 5.82 Å². The molecule has 9 nitrogen and oxygen atoms in total. The number of halogens is 1. The van der Waals surface area contributed by atoms with Crippen LogP contribution in [0.5, 0.6) is 0 Å². The third-order valence-electron chi connectivity index (χ3n) is 3.20. The van der Waals surface area contributed by atoms with Crippen LogP contribution >= 0.6 is 22.9 Å². The third-order valence-corrected chi connectivity index (χ3v) is 4.18. The zero-order valence-electron chi connectivity index (χ0n) is 13.5. The molecular weight excluding hydrogens is 380 g/mol. The molecule has 0 aliphatic rings. The lowest BCUT2D eigenvalue weighted by Gasteiger charge is -2.13. The summed E-state index contributed by atoms with van der Waals surface area (Å²) in [5, 5.41) is 18.2. The maximum atomic E-state index is 12.1. The number of anilines is 1. The Bertz CT molecular complexity index is 914. The number of nitrogens with one attached hydrogen (secondary N) is 1. The Balaban J connectivity index is 1.54. The van der Waals surface area contributed by atoms with Gasteiger partial charge in [0.15, 0.2) is 17.8 Å². The molecule has 0 bridgehead atoms. The SMILES string of the molecule is C[C@H](OC(=O)Cn1nnc(-c2ccsc2)n1)C(=O)Nc1cccnc1Cl. The van der Waals surface area contributed by atoms with Gasteiger partial charge >= 0.3 is 5.97 Å². The van der Waals surface area contributed by atoms with E-state index in [0.29, 0.717) is 11.5 Å². The van der Waals surface area contributed by atoms with E-state index in [1.54, 1.807) is 12.1 Å². The van der Waals surface area contributed by atoms with Crippen LogP contribution in [0, 0.1) is 0 Å². The Hall–Kier alpha value is -2.85. The van der Waals surface area contributed by atoms with Crippen molar-refractivity contribution in [3.05, 3.63) is 40.3 Å². The molecule has 1 amide bonds. The number of hydrogen-bond donors (Lipinski definition) is 1. The van der Waals surface area contributed by atoms with Gasteiger partial charge < -0.3 is 10.1 Å². The fourth-order valence-corrected chi connectivity index (χ4v) is 2.74. The van der Waals surface area contributed by atoms with Crippen LogP contribution < -0.4 is 5.32 Å². The molecular formula is C15H13ClN6O3S. The van der Waals surface area contributed by atoms with Crippen molar-refractivity contribution in [2.24, 2.45) is 0 Å². The molecule has 0 fully saturated rings. The second kappa shape index (κ2) is 8.02. The van der Waals surface area contributed by atoms with Gasteiger partial charge in [0.25, 0.3) is 5.91 Å². The molecule has 3 rings (SSSR count). The summed E-state index contributed by atoms with van der Waals surface area (Å²) in [5.41, 5.74) is 1.15. The number of tetrazole rings is 1. The minimum absolute atomic E-state index is 0.146. The molecule has 0 saturated heterocycles. The average Bonchev–Trinajstić information content (AvgIpc) is 3.28. The number of esters is 1. The lowest BCUT2D eigenvalue weighted by molar-refractivity contribution is -0.154. The first kappa shape index (κ1) is 18.0. The van der Waals surface area contributed by atoms with Crippen molar-refractivity contribution < 1.29 is 14.3 Å². The third kappa shape index (κ3) is 4.41. The maximum absolute atomic E-state index is 12.1. The van der Waals surface area contributed by atoms with Gasteiger partial charge in [-0.1, -0.05) is 11.6 Å². The molecule has 11 heteroatoms. The highest BCUT2D eigenvalue weighted by Gasteiger charge is 2.20. The number of thiophene rings is 1. The van der Waals surface area contributed by atoms with E-state index in [9.17, 15) is 9.59 Å². The average molecular weight is 393 g/mol. The summed E-state index contributed by atoms with van der Waals surface area (Å²) < 4.78 is 5.09. The van der Waals surface area contributed by atoms with Crippen LogP contribution in [-0.4, -0.2) is 43.2 Å². The molecule has 0 radical (unpaired) electrons. The predicted molar refractivity (Wildman–Crippen MR) is 94.6 cm³/mol. The zero-order chi connectivity index (χ0) is 18.5. The summed E-state index contributed by atoms with van der Waals surface area (Å²) in [7, 11) is 0. The van der Waals surface area contributed by atoms with Gasteiger partial charge in [0.05, 0.1) is 5.69 Å². The normalized spacial score (nSPS) is 11.8. The molecule has 0 spiro atoms. The van der Waals surface area contributed by atoms with E-state index in [1.807, 2.05) is 16.8 Å². The molecule has 3 heterocycles. The number of ether oxygens (including phenoxy) is 1. The van der Waals surface area contributed by atoms with E-state index < -0.39 is 18.0 Å². The highest BCUT2D eigenvalue weighted by atomic mass is 35.5. The Kier molecular flexibility index (Phi) is 5.54. The highest BCUT2D eigenvalue weighted by Crippen LogP contribution is 2.18. The number of amides is 1. The number of carbonyl (C=O) groups excluding carboxylic acids is 2. The molecule has 0 saturated carbocycles. The number of carbonyl (C=O) groups is 2. The fraction of sp³-hybridized carbons (Fsp3) is 0.200. The van der Waals surface area contributed by atoms with E-state index in [1.165, 1.54) is 24.5 Å². The van der Waals surface area contributed by atoms with Gasteiger partial charge in [-0.15, -0.1) is 10.2 Å². The van der Waals surface area contributed by atoms with Crippen molar-refractivity contribution in [3.63, 3.8) is 0 Å². The van der Waals surface area contributed by atoms with E-state index in [-0.39, 0.29) is 11.7 Å². The predicted octanol–water partition coefficient (Wildman–Crippen LogP) is 2.02. The van der Waals surface area contributed by atoms with Gasteiger partial charge in [-0.2, -0.15) is 16.1 Å². The fourth-order valence-electron chi connectivity index (χ4n) is 1.93. The minimum atomic E-state index is -1.03. The topological polar surface area (TPSA) is 112 Å². The largest absolute Gasteiger partial charge is 0.451 e. The van der Waals surface area contributed by atoms with Crippen LogP contribution in [0.25, 0.3) is 11.4 Å². The Morgan fingerprint density at radius 3 is 3.00 bits per heavy atom. The monoisotopic (exact) mass is 392 g/mol. The molecule has 134 valence electrons. The van der Waals surface area contributed by atoms with Gasteiger partial charge in [-0.3, -0.25) is 4.79 Å². The summed E-state index contributed by atoms with van der Waals surface area (Å²) in [5.74, 6) is -0.783. The van der Waals surface area contributed by atoms with Gasteiger partial charge in [0.1, 0.15) is 0 Å². The second-order valence-corrected chi connectivity index (χ2v) is 6.26. The molecule has 0 aromatic carbocycles. The van der Waals surface area contributed by atoms with Gasteiger partial charge in [0, 0.05) is 17.1 Å². The first-order valence-electron chi connectivity index (χ1n) is 7.44. The van der Waals surface area contributed by atoms with E-state index in [0.717, 1.165) is 10.4 Å². The number of hydrogen-bond acceptors (Lipinski definition) is 8. The van der Waals surface area contributed by atoms with Crippen molar-refractivity contribution in [2.75, 3.05) is 5.32 Å². The molecule has 3 aromatic heterocycles. The maximum Gasteiger partial charge on any atom is 0.330 e. The standard InChI is InChI=1S/C15H13ClN6O3S/c1-9(15(24)18-11-3-2-5-17-13(11)16)25-12(23)7-22-20-14(19-21-22)10-4-6-26-8-10/h2-6,8-9H,7H2,1H3,(H,18,24)/t9-/m0/s1. The number of rotatable bonds is 6. The molecule has 1 atom stereocenters. The first-order valence-corrected chi connectivity index (χ1v) is 8.76. The second-order valence-electron chi connectivity index (χ2n) is 5.12. The molecule has 0 aliphatic carbocycles. The van der Waals surface area contributed by atoms with E-state index >= 15 is 0 Å². The van der Waals surface area contributed by atoms with E-state index in [2.05, 4.69) is 25.7 Å². The first-order chi connectivity index (χ1) is 12.5. The van der Waals surface area contributed by atoms with E-state index in [4.69, 9.17) is 16.3 Å². The van der Waals surface area contributed by atoms with Crippen molar-refractivity contribution in [3.8, 4) is 11.4 Å². The summed E-state index contributed by atoms with van der Waals surface area (Å²) in [6.07, 6.45) is 0.468. The highest BCUT2D eigenvalue weighted by molar-refractivity contribution is 7.08. The van der Waals surface area contributed by atoms with Crippen molar-refractivity contribution in [2.45, 2.75) is 19.6 Å². The Morgan fingerprint density at radius 1 is 1.42 bits per heavy atom. The van der Waals surface area contributed by atoms with Crippen LogP contribution in [0.15, 0.2) is 35.2 Å². The molecule has 26 heavy (non-hydrogen) atoms. The molecule has 1 N–H and O–H groups in total. The van der Waals surface area contributed by atoms with Crippen LogP contribution in [-0.2, 0) is 20.9 Å². The Morgan fingerprint density at radius 2 is 2.27 bits per heavy atom. The Labute approximate surface area is 157 Å². The van der Waals surface area contributed by atoms with Crippen molar-refractivity contribution >= 4 is 40.5 Å². The quantitative estimate of drug-likeness (QED) is 0.504. The van der Waals surface area contributed by atoms with Crippen molar-refractivity contribution in [1.29, 1.82) is 0 Å². The summed E-state index contributed by atoms with van der Waals surface area (Å²) >= 11 is 7.37. The molecule has 0 aliphatic heterocycles. The van der Waals surface area contributed by atoms with Gasteiger partial charge in [-0.25, -0.2) is 9.78 Å². The summed E-state index contributed by atoms with van der Waals surface area (Å²) in [4.78, 5) is 29.0. The lowest BCUT2D eigenvalue weighted by atomic mass is 10.3. The smallest absolute Gasteiger partial charge is 0.330 e. The number of nitrogens with zero attached hydrogens (tertiary/aromatic N) is 5.